The Morgan fingerprint density at radius 2 is 2.09 bits per heavy atom. The number of hydrogen-bond acceptors (Lipinski definition) is 5. The van der Waals surface area contributed by atoms with Crippen molar-refractivity contribution in [1.29, 1.82) is 0 Å². The number of pyridine rings is 2. The number of nitro benzene ring substituents is 1. The quantitative estimate of drug-likeness (QED) is 0.546. The molecule has 0 atom stereocenters. The van der Waals surface area contributed by atoms with Gasteiger partial charge in [0.15, 0.2) is 0 Å². The second kappa shape index (κ2) is 5.77. The van der Waals surface area contributed by atoms with Crippen molar-refractivity contribution >= 4 is 22.4 Å². The summed E-state index contributed by atoms with van der Waals surface area (Å²) >= 11 is 0. The normalized spacial score (nSPS) is 10.6. The molecule has 22 heavy (non-hydrogen) atoms. The summed E-state index contributed by atoms with van der Waals surface area (Å²) in [7, 11) is 1.95. The van der Waals surface area contributed by atoms with Crippen LogP contribution in [0.2, 0.25) is 0 Å². The van der Waals surface area contributed by atoms with Gasteiger partial charge in [-0.25, -0.2) is 4.98 Å². The summed E-state index contributed by atoms with van der Waals surface area (Å²) in [4.78, 5) is 21.1. The highest BCUT2D eigenvalue weighted by atomic mass is 16.6. The third-order valence-electron chi connectivity index (χ3n) is 3.40. The zero-order chi connectivity index (χ0) is 15.5. The minimum absolute atomic E-state index is 0.0748. The van der Waals surface area contributed by atoms with E-state index in [1.807, 2.05) is 42.4 Å². The summed E-state index contributed by atoms with van der Waals surface area (Å²) in [6, 6.07) is 12.3. The van der Waals surface area contributed by atoms with Gasteiger partial charge in [-0.2, -0.15) is 0 Å². The summed E-state index contributed by atoms with van der Waals surface area (Å²) in [5.41, 5.74) is 1.91. The lowest BCUT2D eigenvalue weighted by atomic mass is 10.2. The number of non-ortho nitro benzene ring substituents is 1. The monoisotopic (exact) mass is 294 g/mol. The fourth-order valence-corrected chi connectivity index (χ4v) is 2.27. The van der Waals surface area contributed by atoms with Crippen LogP contribution in [0.4, 0.5) is 11.5 Å². The van der Waals surface area contributed by atoms with Crippen LogP contribution in [0.3, 0.4) is 0 Å². The minimum Gasteiger partial charge on any atom is -0.355 e. The molecular weight excluding hydrogens is 280 g/mol. The summed E-state index contributed by atoms with van der Waals surface area (Å²) < 4.78 is 0. The van der Waals surface area contributed by atoms with Crippen molar-refractivity contribution in [3.63, 3.8) is 0 Å². The van der Waals surface area contributed by atoms with Crippen molar-refractivity contribution in [2.75, 3.05) is 11.9 Å². The predicted octanol–water partition coefficient (Wildman–Crippen LogP) is 3.17. The smallest absolute Gasteiger partial charge is 0.270 e. The summed E-state index contributed by atoms with van der Waals surface area (Å²) in [6.45, 7) is 0.694. The molecule has 3 aromatic rings. The molecule has 0 saturated carbocycles. The van der Waals surface area contributed by atoms with Crippen LogP contribution in [-0.2, 0) is 6.54 Å². The highest BCUT2D eigenvalue weighted by Gasteiger charge is 2.09. The molecule has 0 spiro atoms. The molecule has 0 aliphatic rings. The van der Waals surface area contributed by atoms with Gasteiger partial charge in [0.05, 0.1) is 10.4 Å². The molecule has 6 heteroatoms. The Hall–Kier alpha value is -3.02. The van der Waals surface area contributed by atoms with Crippen LogP contribution < -0.4 is 4.90 Å². The van der Waals surface area contributed by atoms with Gasteiger partial charge in [0.2, 0.25) is 0 Å². The summed E-state index contributed by atoms with van der Waals surface area (Å²) in [6.07, 6.45) is 3.56. The van der Waals surface area contributed by atoms with E-state index in [0.29, 0.717) is 6.54 Å². The van der Waals surface area contributed by atoms with E-state index < -0.39 is 4.92 Å². The number of nitrogens with zero attached hydrogens (tertiary/aromatic N) is 4. The molecule has 0 bridgehead atoms. The van der Waals surface area contributed by atoms with Crippen LogP contribution in [0.15, 0.2) is 54.9 Å². The lowest BCUT2D eigenvalue weighted by Crippen LogP contribution is -2.17. The Morgan fingerprint density at radius 1 is 1.23 bits per heavy atom. The van der Waals surface area contributed by atoms with Crippen LogP contribution in [-0.4, -0.2) is 21.9 Å². The van der Waals surface area contributed by atoms with Gasteiger partial charge in [0, 0.05) is 43.5 Å². The second-order valence-corrected chi connectivity index (χ2v) is 5.02. The molecule has 3 rings (SSSR count). The molecule has 110 valence electrons. The van der Waals surface area contributed by atoms with Crippen molar-refractivity contribution in [3.05, 3.63) is 70.5 Å². The Kier molecular flexibility index (Phi) is 3.65. The first-order valence-corrected chi connectivity index (χ1v) is 6.79. The van der Waals surface area contributed by atoms with Gasteiger partial charge in [0.1, 0.15) is 5.82 Å². The molecule has 0 amide bonds. The van der Waals surface area contributed by atoms with Gasteiger partial charge in [-0.15, -0.1) is 0 Å². The number of nitro groups is 1. The SMILES string of the molecule is CN(Cc1cccnc1)c1ccc2cc([N+](=O)[O-])ccc2n1. The fourth-order valence-electron chi connectivity index (χ4n) is 2.27. The first-order chi connectivity index (χ1) is 10.6. The lowest BCUT2D eigenvalue weighted by Gasteiger charge is -2.18. The number of rotatable bonds is 4. The Labute approximate surface area is 127 Å². The number of aromatic nitrogens is 2. The molecule has 6 nitrogen and oxygen atoms in total. The van der Waals surface area contributed by atoms with E-state index in [1.54, 1.807) is 12.3 Å². The highest BCUT2D eigenvalue weighted by Crippen LogP contribution is 2.22. The van der Waals surface area contributed by atoms with Crippen molar-refractivity contribution in [2.45, 2.75) is 6.54 Å². The van der Waals surface area contributed by atoms with Gasteiger partial charge in [0.25, 0.3) is 5.69 Å². The van der Waals surface area contributed by atoms with Crippen LogP contribution >= 0.6 is 0 Å². The van der Waals surface area contributed by atoms with Crippen molar-refractivity contribution in [3.8, 4) is 0 Å². The molecule has 0 N–H and O–H groups in total. The molecule has 0 aliphatic carbocycles. The second-order valence-electron chi connectivity index (χ2n) is 5.02. The Balaban J connectivity index is 1.88. The van der Waals surface area contributed by atoms with Crippen molar-refractivity contribution in [2.24, 2.45) is 0 Å². The number of fused-ring (bicyclic) bond motifs is 1. The number of benzene rings is 1. The zero-order valence-electron chi connectivity index (χ0n) is 12.0. The average Bonchev–Trinajstić information content (AvgIpc) is 2.54. The van der Waals surface area contributed by atoms with Gasteiger partial charge in [-0.1, -0.05) is 6.07 Å². The van der Waals surface area contributed by atoms with E-state index in [4.69, 9.17) is 0 Å². The van der Waals surface area contributed by atoms with E-state index in [9.17, 15) is 10.1 Å². The Bertz CT molecular complexity index is 821. The first-order valence-electron chi connectivity index (χ1n) is 6.79. The number of hydrogen-bond donors (Lipinski definition) is 0. The van der Waals surface area contributed by atoms with E-state index >= 15 is 0 Å². The predicted molar refractivity (Wildman–Crippen MR) is 84.7 cm³/mol. The molecular formula is C16H14N4O2. The highest BCUT2D eigenvalue weighted by molar-refractivity contribution is 5.82. The maximum Gasteiger partial charge on any atom is 0.270 e. The molecule has 2 aromatic heterocycles. The molecule has 0 radical (unpaired) electrons. The maximum atomic E-state index is 10.8. The van der Waals surface area contributed by atoms with Crippen LogP contribution in [0, 0.1) is 10.1 Å². The molecule has 1 aromatic carbocycles. The maximum absolute atomic E-state index is 10.8. The fraction of sp³-hybridized carbons (Fsp3) is 0.125. The number of anilines is 1. The molecule has 0 unspecified atom stereocenters. The van der Waals surface area contributed by atoms with Crippen LogP contribution in [0.25, 0.3) is 10.9 Å². The van der Waals surface area contributed by atoms with Gasteiger partial charge in [-0.3, -0.25) is 15.1 Å². The Morgan fingerprint density at radius 3 is 2.82 bits per heavy atom. The molecule has 0 aliphatic heterocycles. The van der Waals surface area contributed by atoms with Crippen molar-refractivity contribution < 1.29 is 4.92 Å². The van der Waals surface area contributed by atoms with Crippen LogP contribution in [0.1, 0.15) is 5.56 Å². The lowest BCUT2D eigenvalue weighted by molar-refractivity contribution is -0.384. The molecule has 0 fully saturated rings. The van der Waals surface area contributed by atoms with Crippen molar-refractivity contribution in [1.82, 2.24) is 9.97 Å². The van der Waals surface area contributed by atoms with E-state index in [1.165, 1.54) is 12.1 Å². The molecule has 0 saturated heterocycles. The zero-order valence-corrected chi connectivity index (χ0v) is 12.0. The first kappa shape index (κ1) is 13.9. The standard InChI is InChI=1S/C16H14N4O2/c1-19(11-12-3-2-8-17-10-12)16-7-4-13-9-14(20(21)22)5-6-15(13)18-16/h2-10H,11H2,1H3. The third-order valence-corrected chi connectivity index (χ3v) is 3.40. The van der Waals surface area contributed by atoms with Gasteiger partial charge < -0.3 is 4.90 Å². The largest absolute Gasteiger partial charge is 0.355 e. The van der Waals surface area contributed by atoms with E-state index in [-0.39, 0.29) is 5.69 Å². The average molecular weight is 294 g/mol. The summed E-state index contributed by atoms with van der Waals surface area (Å²) in [5, 5.41) is 11.6. The van der Waals surface area contributed by atoms with Crippen LogP contribution in [0.5, 0.6) is 0 Å². The van der Waals surface area contributed by atoms with Gasteiger partial charge in [-0.05, 0) is 29.8 Å². The minimum atomic E-state index is -0.401. The molecule has 2 heterocycles. The van der Waals surface area contributed by atoms with Gasteiger partial charge >= 0.3 is 0 Å². The summed E-state index contributed by atoms with van der Waals surface area (Å²) in [5.74, 6) is 0.810. The van der Waals surface area contributed by atoms with E-state index in [0.717, 1.165) is 22.3 Å². The van der Waals surface area contributed by atoms with E-state index in [2.05, 4.69) is 9.97 Å². The topological polar surface area (TPSA) is 72.2 Å². The third kappa shape index (κ3) is 2.85.